The summed E-state index contributed by atoms with van der Waals surface area (Å²) in [6.45, 7) is 6.06. The number of nitrogens with zero attached hydrogens (tertiary/aromatic N) is 2. The molecule has 0 bridgehead atoms. The van der Waals surface area contributed by atoms with Crippen LogP contribution in [-0.2, 0) is 6.54 Å². The van der Waals surface area contributed by atoms with Gasteiger partial charge in [-0.15, -0.1) is 0 Å². The Morgan fingerprint density at radius 1 is 1.69 bits per heavy atom. The van der Waals surface area contributed by atoms with Gasteiger partial charge in [0.15, 0.2) is 0 Å². The number of aliphatic hydroxyl groups excluding tert-OH is 1. The molecule has 0 saturated carbocycles. The van der Waals surface area contributed by atoms with E-state index < -0.39 is 6.10 Å². The molecule has 0 radical (unpaired) electrons. The summed E-state index contributed by atoms with van der Waals surface area (Å²) in [7, 11) is 0. The van der Waals surface area contributed by atoms with Crippen molar-refractivity contribution in [2.45, 2.75) is 26.0 Å². The van der Waals surface area contributed by atoms with Crippen molar-refractivity contribution < 1.29 is 5.11 Å². The number of hydrogen-bond acceptors (Lipinski definition) is 2. The van der Waals surface area contributed by atoms with E-state index in [1.165, 1.54) is 0 Å². The fourth-order valence-electron chi connectivity index (χ4n) is 1.51. The molecule has 0 aliphatic rings. The summed E-state index contributed by atoms with van der Waals surface area (Å²) >= 11 is 0. The van der Waals surface area contributed by atoms with E-state index in [4.69, 9.17) is 5.26 Å². The highest BCUT2D eigenvalue weighted by Gasteiger charge is 2.07. The molecule has 1 N–H and O–H groups in total. The highest BCUT2D eigenvalue weighted by Crippen LogP contribution is 2.13. The van der Waals surface area contributed by atoms with Gasteiger partial charge in [-0.1, -0.05) is 24.8 Å². The lowest BCUT2D eigenvalue weighted by Crippen LogP contribution is -2.15. The van der Waals surface area contributed by atoms with E-state index in [-0.39, 0.29) is 6.42 Å². The van der Waals surface area contributed by atoms with Crippen LogP contribution in [0.15, 0.2) is 31.0 Å². The predicted molar refractivity (Wildman–Crippen MR) is 64.6 cm³/mol. The molecule has 1 aromatic heterocycles. The third-order valence-corrected chi connectivity index (χ3v) is 2.43. The Morgan fingerprint density at radius 2 is 2.44 bits per heavy atom. The van der Waals surface area contributed by atoms with E-state index >= 15 is 0 Å². The van der Waals surface area contributed by atoms with Crippen molar-refractivity contribution >= 4 is 6.08 Å². The van der Waals surface area contributed by atoms with E-state index in [1.807, 2.05) is 42.0 Å². The van der Waals surface area contributed by atoms with Crippen molar-refractivity contribution in [3.63, 3.8) is 0 Å². The Hall–Kier alpha value is -1.79. The van der Waals surface area contributed by atoms with Gasteiger partial charge in [0.05, 0.1) is 18.6 Å². The lowest BCUT2D eigenvalue weighted by atomic mass is 10.2. The van der Waals surface area contributed by atoms with Crippen LogP contribution in [0.2, 0.25) is 0 Å². The molecule has 1 aromatic rings. The first-order valence-corrected chi connectivity index (χ1v) is 5.19. The minimum atomic E-state index is -0.604. The third-order valence-electron chi connectivity index (χ3n) is 2.43. The fraction of sp³-hybridized carbons (Fsp3) is 0.308. The normalized spacial score (nSPS) is 12.6. The number of aromatic nitrogens is 1. The molecule has 84 valence electrons. The van der Waals surface area contributed by atoms with E-state index in [0.29, 0.717) is 6.54 Å². The molecule has 16 heavy (non-hydrogen) atoms. The van der Waals surface area contributed by atoms with Crippen molar-refractivity contribution in [2.24, 2.45) is 0 Å². The van der Waals surface area contributed by atoms with Gasteiger partial charge >= 0.3 is 0 Å². The zero-order chi connectivity index (χ0) is 12.0. The van der Waals surface area contributed by atoms with Crippen molar-refractivity contribution in [3.8, 4) is 6.07 Å². The summed E-state index contributed by atoms with van der Waals surface area (Å²) < 4.78 is 1.95. The largest absolute Gasteiger partial charge is 0.390 e. The highest BCUT2D eigenvalue weighted by molar-refractivity contribution is 5.53. The third kappa shape index (κ3) is 3.11. The Balaban J connectivity index is 2.76. The second-order valence-electron chi connectivity index (χ2n) is 3.62. The van der Waals surface area contributed by atoms with Crippen LogP contribution in [0.3, 0.4) is 0 Å². The maximum absolute atomic E-state index is 9.53. The molecule has 1 unspecified atom stereocenters. The number of aliphatic hydroxyl groups is 1. The van der Waals surface area contributed by atoms with Crippen LogP contribution in [-0.4, -0.2) is 15.8 Å². The van der Waals surface area contributed by atoms with Crippen LogP contribution in [0.1, 0.15) is 17.7 Å². The zero-order valence-electron chi connectivity index (χ0n) is 9.43. The lowest BCUT2D eigenvalue weighted by Gasteiger charge is -2.10. The summed E-state index contributed by atoms with van der Waals surface area (Å²) in [5, 5.41) is 18.0. The van der Waals surface area contributed by atoms with Crippen molar-refractivity contribution in [3.05, 3.63) is 42.3 Å². The molecule has 0 amide bonds. The van der Waals surface area contributed by atoms with Gasteiger partial charge in [0.25, 0.3) is 0 Å². The minimum Gasteiger partial charge on any atom is -0.390 e. The summed E-state index contributed by atoms with van der Waals surface area (Å²) in [4.78, 5) is 0. The summed E-state index contributed by atoms with van der Waals surface area (Å²) in [5.74, 6) is 0. The Kier molecular flexibility index (Phi) is 4.56. The second kappa shape index (κ2) is 5.94. The Bertz CT molecular complexity index is 424. The quantitative estimate of drug-likeness (QED) is 0.767. The van der Waals surface area contributed by atoms with E-state index in [2.05, 4.69) is 6.58 Å². The SMILES string of the molecule is C=C/C=C\c1ccn(CC(O)CC#N)c1C. The van der Waals surface area contributed by atoms with Crippen molar-refractivity contribution in [2.75, 3.05) is 0 Å². The van der Waals surface area contributed by atoms with Gasteiger partial charge in [-0.05, 0) is 18.6 Å². The molecule has 1 heterocycles. The van der Waals surface area contributed by atoms with Gasteiger partial charge in [0.2, 0.25) is 0 Å². The molecular formula is C13H16N2O. The zero-order valence-corrected chi connectivity index (χ0v) is 9.43. The maximum Gasteiger partial charge on any atom is 0.0848 e. The summed E-state index contributed by atoms with van der Waals surface area (Å²) in [6.07, 6.45) is 7.04. The predicted octanol–water partition coefficient (Wildman–Crippen LogP) is 2.27. The molecule has 0 aliphatic heterocycles. The van der Waals surface area contributed by atoms with Crippen LogP contribution < -0.4 is 0 Å². The van der Waals surface area contributed by atoms with Gasteiger partial charge < -0.3 is 9.67 Å². The molecule has 3 nitrogen and oxygen atoms in total. The average molecular weight is 216 g/mol. The van der Waals surface area contributed by atoms with Gasteiger partial charge in [0, 0.05) is 18.4 Å². The standard InChI is InChI=1S/C13H16N2O/c1-3-4-5-12-7-9-15(11(12)2)10-13(16)6-8-14/h3-5,7,9,13,16H,1,6,10H2,2H3/b5-4-. The first kappa shape index (κ1) is 12.3. The topological polar surface area (TPSA) is 49.0 Å². The van der Waals surface area contributed by atoms with Crippen LogP contribution in [0, 0.1) is 18.3 Å². The van der Waals surface area contributed by atoms with Crippen LogP contribution >= 0.6 is 0 Å². The monoisotopic (exact) mass is 216 g/mol. The van der Waals surface area contributed by atoms with Gasteiger partial charge in [-0.2, -0.15) is 5.26 Å². The van der Waals surface area contributed by atoms with Gasteiger partial charge in [-0.3, -0.25) is 0 Å². The first-order valence-electron chi connectivity index (χ1n) is 5.19. The maximum atomic E-state index is 9.53. The Morgan fingerprint density at radius 3 is 3.06 bits per heavy atom. The molecule has 1 rings (SSSR count). The summed E-state index contributed by atoms with van der Waals surface area (Å²) in [5.41, 5.74) is 2.18. The molecule has 0 aromatic carbocycles. The minimum absolute atomic E-state index is 0.162. The van der Waals surface area contributed by atoms with E-state index in [1.54, 1.807) is 6.08 Å². The number of nitriles is 1. The number of hydrogen-bond donors (Lipinski definition) is 1. The van der Waals surface area contributed by atoms with Crippen molar-refractivity contribution in [1.29, 1.82) is 5.26 Å². The van der Waals surface area contributed by atoms with Crippen LogP contribution in [0.4, 0.5) is 0 Å². The molecule has 0 saturated heterocycles. The van der Waals surface area contributed by atoms with E-state index in [0.717, 1.165) is 11.3 Å². The first-order chi connectivity index (χ1) is 7.69. The average Bonchev–Trinajstić information content (AvgIpc) is 2.58. The van der Waals surface area contributed by atoms with Gasteiger partial charge in [-0.25, -0.2) is 0 Å². The smallest absolute Gasteiger partial charge is 0.0848 e. The number of allylic oxidation sites excluding steroid dienone is 2. The molecule has 0 fully saturated rings. The summed E-state index contributed by atoms with van der Waals surface area (Å²) in [6, 6.07) is 3.94. The lowest BCUT2D eigenvalue weighted by molar-refractivity contribution is 0.158. The molecule has 1 atom stereocenters. The molecule has 3 heteroatoms. The van der Waals surface area contributed by atoms with Crippen LogP contribution in [0.5, 0.6) is 0 Å². The number of rotatable bonds is 5. The Labute approximate surface area is 95.9 Å². The molecule has 0 aliphatic carbocycles. The molecule has 0 spiro atoms. The van der Waals surface area contributed by atoms with E-state index in [9.17, 15) is 5.11 Å². The second-order valence-corrected chi connectivity index (χ2v) is 3.62. The highest BCUT2D eigenvalue weighted by atomic mass is 16.3. The van der Waals surface area contributed by atoms with Gasteiger partial charge in [0.1, 0.15) is 0 Å². The fourth-order valence-corrected chi connectivity index (χ4v) is 1.51. The van der Waals surface area contributed by atoms with Crippen molar-refractivity contribution in [1.82, 2.24) is 4.57 Å². The molecular weight excluding hydrogens is 200 g/mol. The van der Waals surface area contributed by atoms with Crippen LogP contribution in [0.25, 0.3) is 6.08 Å².